The van der Waals surface area contributed by atoms with Crippen LogP contribution in [-0.4, -0.2) is 47.4 Å². The topological polar surface area (TPSA) is 95.9 Å². The van der Waals surface area contributed by atoms with Gasteiger partial charge in [-0.05, 0) is 32.1 Å². The lowest BCUT2D eigenvalue weighted by molar-refractivity contribution is -0.143. The van der Waals surface area contributed by atoms with Gasteiger partial charge in [0, 0.05) is 12.8 Å². The highest BCUT2D eigenvalue weighted by atomic mass is 16.5. The average molecular weight is 1070 g/mol. The molecule has 0 heterocycles. The second kappa shape index (κ2) is 66.1. The minimum absolute atomic E-state index is 0.0178. The second-order valence-electron chi connectivity index (χ2n) is 24.2. The number of hydrogen-bond donors (Lipinski definition) is 3. The monoisotopic (exact) mass is 1070 g/mol. The standard InChI is InChI=1S/C70H137NO5/c1-3-5-7-9-11-13-15-17-19-21-22-27-31-34-38-42-46-50-54-58-62-68(73)67(66-72)71-69(74)63-59-55-51-47-43-39-35-32-28-25-23-24-26-29-33-37-41-45-49-53-57-61-65-76-70(75)64-60-56-52-48-44-40-36-30-20-18-16-14-12-10-8-6-4-2/h58,62,67-68,72-73H,3-57,59-61,63-66H2,1-2H3,(H,71,74)/b62-58+. The van der Waals surface area contributed by atoms with Crippen molar-refractivity contribution in [2.45, 2.75) is 411 Å². The van der Waals surface area contributed by atoms with E-state index >= 15 is 0 Å². The van der Waals surface area contributed by atoms with Gasteiger partial charge in [-0.25, -0.2) is 0 Å². The first-order valence-corrected chi connectivity index (χ1v) is 35.0. The lowest BCUT2D eigenvalue weighted by Crippen LogP contribution is -2.45. The first-order valence-electron chi connectivity index (χ1n) is 35.0. The molecule has 0 aromatic carbocycles. The van der Waals surface area contributed by atoms with E-state index in [-0.39, 0.29) is 18.5 Å². The van der Waals surface area contributed by atoms with Crippen LogP contribution < -0.4 is 5.32 Å². The zero-order valence-corrected chi connectivity index (χ0v) is 51.8. The van der Waals surface area contributed by atoms with Gasteiger partial charge in [0.15, 0.2) is 0 Å². The predicted molar refractivity (Wildman–Crippen MR) is 333 cm³/mol. The zero-order chi connectivity index (χ0) is 55.0. The Hall–Kier alpha value is -1.40. The summed E-state index contributed by atoms with van der Waals surface area (Å²) < 4.78 is 5.51. The number of aliphatic hydroxyl groups excluding tert-OH is 2. The molecule has 0 aliphatic rings. The quantitative estimate of drug-likeness (QED) is 0.0320. The Balaban J connectivity index is 3.38. The van der Waals surface area contributed by atoms with E-state index < -0.39 is 12.1 Å². The van der Waals surface area contributed by atoms with E-state index in [2.05, 4.69) is 19.2 Å². The Kier molecular flexibility index (Phi) is 64.9. The van der Waals surface area contributed by atoms with Crippen molar-refractivity contribution >= 4 is 11.9 Å². The first-order chi connectivity index (χ1) is 37.5. The summed E-state index contributed by atoms with van der Waals surface area (Å²) in [7, 11) is 0. The molecule has 0 fully saturated rings. The molecular weight excluding hydrogens is 935 g/mol. The molecule has 2 atom stereocenters. The number of esters is 1. The number of unbranched alkanes of at least 4 members (excludes halogenated alkanes) is 55. The summed E-state index contributed by atoms with van der Waals surface area (Å²) in [5.74, 6) is -0.0459. The number of aliphatic hydroxyl groups is 2. The van der Waals surface area contributed by atoms with Crippen LogP contribution >= 0.6 is 0 Å². The Morgan fingerprint density at radius 2 is 0.605 bits per heavy atom. The van der Waals surface area contributed by atoms with E-state index in [1.54, 1.807) is 6.08 Å². The SMILES string of the molecule is CCCCCCCCCCCCCCCCCCCC/C=C/C(O)C(CO)NC(=O)CCCCCCCCCCCCCCCCCCCCCCCCOC(=O)CCCCCCCCCCCCCCCCCCC. The number of carbonyl (C=O) groups is 2. The van der Waals surface area contributed by atoms with Crippen LogP contribution in [0, 0.1) is 0 Å². The van der Waals surface area contributed by atoms with Crippen molar-refractivity contribution in [3.05, 3.63) is 12.2 Å². The van der Waals surface area contributed by atoms with Crippen LogP contribution in [0.4, 0.5) is 0 Å². The highest BCUT2D eigenvalue weighted by molar-refractivity contribution is 5.76. The molecule has 0 radical (unpaired) electrons. The van der Waals surface area contributed by atoms with Gasteiger partial charge in [-0.3, -0.25) is 9.59 Å². The normalized spacial score (nSPS) is 12.5. The predicted octanol–water partition coefficient (Wildman–Crippen LogP) is 22.4. The van der Waals surface area contributed by atoms with E-state index in [1.165, 1.54) is 334 Å². The molecule has 6 heteroatoms. The molecule has 0 aliphatic heterocycles. The number of ether oxygens (including phenoxy) is 1. The summed E-state index contributed by atoms with van der Waals surface area (Å²) in [4.78, 5) is 24.6. The van der Waals surface area contributed by atoms with Crippen molar-refractivity contribution in [2.24, 2.45) is 0 Å². The number of hydrogen-bond acceptors (Lipinski definition) is 5. The van der Waals surface area contributed by atoms with Gasteiger partial charge >= 0.3 is 5.97 Å². The molecule has 0 saturated carbocycles. The average Bonchev–Trinajstić information content (AvgIpc) is 3.42. The van der Waals surface area contributed by atoms with E-state index in [9.17, 15) is 19.8 Å². The first kappa shape index (κ1) is 74.6. The Bertz CT molecular complexity index is 1140. The third-order valence-electron chi connectivity index (χ3n) is 16.6. The molecule has 452 valence electrons. The third-order valence-corrected chi connectivity index (χ3v) is 16.6. The molecule has 3 N–H and O–H groups in total. The number of carbonyl (C=O) groups excluding carboxylic acids is 2. The Labute approximate surface area is 476 Å². The summed E-state index contributed by atoms with van der Waals surface area (Å²) in [6, 6.07) is -0.628. The molecule has 0 rings (SSSR count). The van der Waals surface area contributed by atoms with Crippen molar-refractivity contribution < 1.29 is 24.5 Å². The van der Waals surface area contributed by atoms with Crippen LogP contribution in [0.5, 0.6) is 0 Å². The van der Waals surface area contributed by atoms with Crippen molar-refractivity contribution in [1.29, 1.82) is 0 Å². The van der Waals surface area contributed by atoms with Crippen LogP contribution in [0.25, 0.3) is 0 Å². The van der Waals surface area contributed by atoms with Gasteiger partial charge in [0.25, 0.3) is 0 Å². The summed E-state index contributed by atoms with van der Waals surface area (Å²) in [5.41, 5.74) is 0. The van der Waals surface area contributed by atoms with Gasteiger partial charge in [0.1, 0.15) is 0 Å². The van der Waals surface area contributed by atoms with Gasteiger partial charge in [-0.15, -0.1) is 0 Å². The van der Waals surface area contributed by atoms with Crippen molar-refractivity contribution in [3.8, 4) is 0 Å². The maximum atomic E-state index is 12.5. The van der Waals surface area contributed by atoms with E-state index in [4.69, 9.17) is 4.74 Å². The lowest BCUT2D eigenvalue weighted by atomic mass is 10.0. The molecule has 76 heavy (non-hydrogen) atoms. The van der Waals surface area contributed by atoms with Gasteiger partial charge in [0.05, 0.1) is 25.4 Å². The molecule has 6 nitrogen and oxygen atoms in total. The molecule has 0 saturated heterocycles. The van der Waals surface area contributed by atoms with Crippen molar-refractivity contribution in [3.63, 3.8) is 0 Å². The molecule has 1 amide bonds. The maximum absolute atomic E-state index is 12.5. The molecule has 0 aliphatic carbocycles. The summed E-state index contributed by atoms with van der Waals surface area (Å²) >= 11 is 0. The van der Waals surface area contributed by atoms with Gasteiger partial charge in [0.2, 0.25) is 5.91 Å². The lowest BCUT2D eigenvalue weighted by Gasteiger charge is -2.20. The minimum Gasteiger partial charge on any atom is -0.466 e. The van der Waals surface area contributed by atoms with Crippen LogP contribution in [0.3, 0.4) is 0 Å². The van der Waals surface area contributed by atoms with E-state index in [0.717, 1.165) is 38.5 Å². The fourth-order valence-corrected chi connectivity index (χ4v) is 11.2. The molecule has 0 bridgehead atoms. The van der Waals surface area contributed by atoms with Gasteiger partial charge in [-0.2, -0.15) is 0 Å². The smallest absolute Gasteiger partial charge is 0.305 e. The van der Waals surface area contributed by atoms with Crippen LogP contribution in [-0.2, 0) is 14.3 Å². The summed E-state index contributed by atoms with van der Waals surface area (Å²) in [6.07, 6.45) is 81.4. The number of allylic oxidation sites excluding steroid dienone is 1. The zero-order valence-electron chi connectivity index (χ0n) is 51.8. The van der Waals surface area contributed by atoms with Crippen molar-refractivity contribution in [1.82, 2.24) is 5.32 Å². The fourth-order valence-electron chi connectivity index (χ4n) is 11.2. The molecular formula is C70H137NO5. The summed E-state index contributed by atoms with van der Waals surface area (Å²) in [6.45, 7) is 4.95. The van der Waals surface area contributed by atoms with Crippen LogP contribution in [0.2, 0.25) is 0 Å². The van der Waals surface area contributed by atoms with Crippen LogP contribution in [0.15, 0.2) is 12.2 Å². The largest absolute Gasteiger partial charge is 0.466 e. The Morgan fingerprint density at radius 3 is 0.895 bits per heavy atom. The molecule has 0 aromatic heterocycles. The second-order valence-corrected chi connectivity index (χ2v) is 24.2. The van der Waals surface area contributed by atoms with Gasteiger partial charge < -0.3 is 20.3 Å². The highest BCUT2D eigenvalue weighted by Gasteiger charge is 2.18. The highest BCUT2D eigenvalue weighted by Crippen LogP contribution is 2.19. The fraction of sp³-hybridized carbons (Fsp3) is 0.943. The third kappa shape index (κ3) is 61.8. The number of nitrogens with one attached hydrogen (secondary N) is 1. The Morgan fingerprint density at radius 1 is 0.355 bits per heavy atom. The maximum Gasteiger partial charge on any atom is 0.305 e. The van der Waals surface area contributed by atoms with Crippen LogP contribution in [0.1, 0.15) is 399 Å². The van der Waals surface area contributed by atoms with Crippen molar-refractivity contribution in [2.75, 3.05) is 13.2 Å². The van der Waals surface area contributed by atoms with Gasteiger partial charge in [-0.1, -0.05) is 366 Å². The summed E-state index contributed by atoms with van der Waals surface area (Å²) in [5, 5.41) is 23.2. The van der Waals surface area contributed by atoms with E-state index in [0.29, 0.717) is 19.4 Å². The number of rotatable bonds is 66. The molecule has 0 spiro atoms. The number of amides is 1. The van der Waals surface area contributed by atoms with E-state index in [1.807, 2.05) is 6.08 Å². The molecule has 2 unspecified atom stereocenters. The minimum atomic E-state index is -0.845. The molecule has 0 aromatic rings.